The van der Waals surface area contributed by atoms with E-state index in [1.54, 1.807) is 12.5 Å². The van der Waals surface area contributed by atoms with Gasteiger partial charge in [0, 0.05) is 12.2 Å². The van der Waals surface area contributed by atoms with Crippen molar-refractivity contribution < 1.29 is 19.1 Å². The van der Waals surface area contributed by atoms with Gasteiger partial charge in [0.05, 0.1) is 0 Å². The fraction of sp³-hybridized carbons (Fsp3) is 0.677. The highest BCUT2D eigenvalue weighted by Crippen LogP contribution is 2.43. The maximum atomic E-state index is 10.6. The Morgan fingerprint density at radius 3 is 1.40 bits per heavy atom. The van der Waals surface area contributed by atoms with Gasteiger partial charge < -0.3 is 9.47 Å². The molecule has 0 amide bonds. The van der Waals surface area contributed by atoms with Gasteiger partial charge in [-0.3, -0.25) is 0 Å². The second-order valence-electron chi connectivity index (χ2n) is 9.03. The number of hydrogen-bond donors (Lipinski definition) is 0. The van der Waals surface area contributed by atoms with Crippen LogP contribution in [0, 0.1) is 10.8 Å². The molecule has 0 bridgehead atoms. The first-order valence-electron chi connectivity index (χ1n) is 13.4. The molecule has 35 heavy (non-hydrogen) atoms. The largest absolute Gasteiger partial charge is 0.459 e. The van der Waals surface area contributed by atoms with Crippen molar-refractivity contribution in [3.8, 4) is 0 Å². The zero-order chi connectivity index (χ0) is 27.9. The Bertz CT molecular complexity index is 569. The van der Waals surface area contributed by atoms with E-state index in [9.17, 15) is 9.59 Å². The van der Waals surface area contributed by atoms with Gasteiger partial charge in [0.1, 0.15) is 12.7 Å². The number of carbonyl (C=O) groups is 2. The SMILES string of the molecule is C=C.C=CC(=O)OCC(C)OC(=O)C=C.CCC=C(CC(CC)(CC)CC)CC(CC)(CC)CC. The lowest BCUT2D eigenvalue weighted by Gasteiger charge is -2.36. The fourth-order valence-corrected chi connectivity index (χ4v) is 4.25. The lowest BCUT2D eigenvalue weighted by Crippen LogP contribution is -2.23. The number of carbonyl (C=O) groups excluding carboxylic acids is 2. The second kappa shape index (κ2) is 22.4. The summed E-state index contributed by atoms with van der Waals surface area (Å²) in [5, 5.41) is 0. The molecular formula is C31H56O4. The van der Waals surface area contributed by atoms with Gasteiger partial charge in [0.15, 0.2) is 0 Å². The first kappa shape index (κ1) is 37.4. The number of hydrogen-bond acceptors (Lipinski definition) is 4. The summed E-state index contributed by atoms with van der Waals surface area (Å²) in [5.41, 5.74) is 2.83. The summed E-state index contributed by atoms with van der Waals surface area (Å²) in [7, 11) is 0. The zero-order valence-electron chi connectivity index (χ0n) is 24.3. The smallest absolute Gasteiger partial charge is 0.330 e. The highest BCUT2D eigenvalue weighted by atomic mass is 16.6. The number of rotatable bonds is 16. The Hall–Kier alpha value is -2.10. The molecule has 0 aromatic rings. The van der Waals surface area contributed by atoms with Crippen LogP contribution in [0.15, 0.2) is 50.1 Å². The van der Waals surface area contributed by atoms with Crippen molar-refractivity contribution in [2.45, 2.75) is 119 Å². The van der Waals surface area contributed by atoms with Gasteiger partial charge in [-0.15, -0.1) is 13.2 Å². The maximum absolute atomic E-state index is 10.6. The minimum absolute atomic E-state index is 0.0183. The van der Waals surface area contributed by atoms with Crippen molar-refractivity contribution in [3.63, 3.8) is 0 Å². The van der Waals surface area contributed by atoms with Crippen molar-refractivity contribution in [2.24, 2.45) is 10.8 Å². The van der Waals surface area contributed by atoms with Gasteiger partial charge in [-0.25, -0.2) is 9.59 Å². The first-order valence-corrected chi connectivity index (χ1v) is 13.4. The molecule has 1 unspecified atom stereocenters. The van der Waals surface area contributed by atoms with Gasteiger partial charge >= 0.3 is 11.9 Å². The highest BCUT2D eigenvalue weighted by molar-refractivity contribution is 5.82. The summed E-state index contributed by atoms with van der Waals surface area (Å²) in [6.07, 6.45) is 15.9. The normalized spacial score (nSPS) is 11.4. The number of esters is 2. The van der Waals surface area contributed by atoms with E-state index in [0.29, 0.717) is 10.8 Å². The standard InChI is InChI=1S/C20H40.C9H12O4.C2H4/c1-8-15-18(16-19(9-2,10-3)11-4)17-20(12-5,13-6)14-7;1-4-8(10)12-6-7(3)13-9(11)5-2;1-2/h15H,8-14,16-17H2,1-7H3;4-5,7H,1-2,6H2,3H3;1-2H2. The molecule has 0 N–H and O–H groups in total. The molecule has 0 aliphatic carbocycles. The van der Waals surface area contributed by atoms with E-state index in [0.717, 1.165) is 12.2 Å². The Morgan fingerprint density at radius 2 is 1.11 bits per heavy atom. The Balaban J connectivity index is -0.000000590. The summed E-state index contributed by atoms with van der Waals surface area (Å²) >= 11 is 0. The van der Waals surface area contributed by atoms with Gasteiger partial charge in [0.2, 0.25) is 0 Å². The van der Waals surface area contributed by atoms with Crippen molar-refractivity contribution in [2.75, 3.05) is 6.61 Å². The van der Waals surface area contributed by atoms with Gasteiger partial charge in [-0.1, -0.05) is 112 Å². The zero-order valence-corrected chi connectivity index (χ0v) is 24.3. The molecule has 0 saturated heterocycles. The lowest BCUT2D eigenvalue weighted by atomic mass is 9.69. The van der Waals surface area contributed by atoms with Crippen LogP contribution in [0.5, 0.6) is 0 Å². The third-order valence-corrected chi connectivity index (χ3v) is 7.31. The minimum Gasteiger partial charge on any atom is -0.459 e. The molecule has 0 aromatic heterocycles. The van der Waals surface area contributed by atoms with E-state index in [2.05, 4.69) is 85.6 Å². The molecule has 1 atom stereocenters. The minimum atomic E-state index is -0.540. The second-order valence-corrected chi connectivity index (χ2v) is 9.03. The van der Waals surface area contributed by atoms with Crippen molar-refractivity contribution in [3.05, 3.63) is 50.1 Å². The van der Waals surface area contributed by atoms with Crippen LogP contribution in [0.2, 0.25) is 0 Å². The maximum Gasteiger partial charge on any atom is 0.330 e. The van der Waals surface area contributed by atoms with Crippen LogP contribution < -0.4 is 0 Å². The third-order valence-electron chi connectivity index (χ3n) is 7.31. The predicted octanol–water partition coefficient (Wildman–Crippen LogP) is 9.17. The van der Waals surface area contributed by atoms with Gasteiger partial charge in [-0.2, -0.15) is 0 Å². The molecule has 4 heteroatoms. The Morgan fingerprint density at radius 1 is 0.743 bits per heavy atom. The monoisotopic (exact) mass is 492 g/mol. The van der Waals surface area contributed by atoms with E-state index >= 15 is 0 Å². The molecule has 0 aliphatic heterocycles. The predicted molar refractivity (Wildman–Crippen MR) is 152 cm³/mol. The summed E-state index contributed by atoms with van der Waals surface area (Å²) in [4.78, 5) is 21.2. The van der Waals surface area contributed by atoms with Gasteiger partial charge in [0.25, 0.3) is 0 Å². The van der Waals surface area contributed by atoms with Crippen LogP contribution in [0.25, 0.3) is 0 Å². The van der Waals surface area contributed by atoms with Crippen molar-refractivity contribution in [1.29, 1.82) is 0 Å². The molecule has 0 aliphatic rings. The molecule has 0 saturated carbocycles. The van der Waals surface area contributed by atoms with Crippen LogP contribution in [0.3, 0.4) is 0 Å². The van der Waals surface area contributed by atoms with Crippen molar-refractivity contribution in [1.82, 2.24) is 0 Å². The quantitative estimate of drug-likeness (QED) is 0.122. The number of allylic oxidation sites excluding steroid dienone is 2. The topological polar surface area (TPSA) is 52.6 Å². The highest BCUT2D eigenvalue weighted by Gasteiger charge is 2.30. The molecule has 0 radical (unpaired) electrons. The van der Waals surface area contributed by atoms with Crippen molar-refractivity contribution >= 4 is 11.9 Å². The van der Waals surface area contributed by atoms with Crippen LogP contribution in [0.1, 0.15) is 113 Å². The molecule has 204 valence electrons. The first-order chi connectivity index (χ1) is 16.6. The molecule has 0 aromatic carbocycles. The molecule has 4 nitrogen and oxygen atoms in total. The number of ether oxygens (including phenoxy) is 2. The molecule has 0 rings (SSSR count). The summed E-state index contributed by atoms with van der Waals surface area (Å²) < 4.78 is 9.36. The van der Waals surface area contributed by atoms with Crippen LogP contribution >= 0.6 is 0 Å². The average Bonchev–Trinajstić information content (AvgIpc) is 2.90. The molecule has 0 fully saturated rings. The van der Waals surface area contributed by atoms with E-state index in [1.807, 2.05) is 0 Å². The fourth-order valence-electron chi connectivity index (χ4n) is 4.25. The van der Waals surface area contributed by atoms with Crippen LogP contribution in [-0.2, 0) is 19.1 Å². The third kappa shape index (κ3) is 16.2. The Labute approximate surface area is 217 Å². The van der Waals surface area contributed by atoms with Gasteiger partial charge in [-0.05, 0) is 37.0 Å². The van der Waals surface area contributed by atoms with Crippen LogP contribution in [-0.4, -0.2) is 24.6 Å². The summed E-state index contributed by atoms with van der Waals surface area (Å²) in [6, 6.07) is 0. The van der Waals surface area contributed by atoms with E-state index in [1.165, 1.54) is 57.8 Å². The molecule has 0 heterocycles. The van der Waals surface area contributed by atoms with Crippen LogP contribution in [0.4, 0.5) is 0 Å². The average molecular weight is 493 g/mol. The molecule has 0 spiro atoms. The molecular weight excluding hydrogens is 436 g/mol. The van der Waals surface area contributed by atoms with E-state index in [-0.39, 0.29) is 6.61 Å². The lowest BCUT2D eigenvalue weighted by molar-refractivity contribution is -0.151. The summed E-state index contributed by atoms with van der Waals surface area (Å²) in [5.74, 6) is -1.08. The van der Waals surface area contributed by atoms with E-state index in [4.69, 9.17) is 4.74 Å². The van der Waals surface area contributed by atoms with E-state index < -0.39 is 18.0 Å². The summed E-state index contributed by atoms with van der Waals surface area (Å²) in [6.45, 7) is 30.6. The Kier molecular flexibility index (Phi) is 23.9.